The number of pyridine rings is 1. The van der Waals surface area contributed by atoms with Crippen molar-refractivity contribution in [2.45, 2.75) is 66.1 Å². The van der Waals surface area contributed by atoms with E-state index >= 15 is 0 Å². The maximum Gasteiger partial charge on any atom is 0.148 e. The molecule has 9 aromatic rings. The van der Waals surface area contributed by atoms with Crippen LogP contribution in [0.5, 0.6) is 5.75 Å². The summed E-state index contributed by atoms with van der Waals surface area (Å²) in [7, 11) is 0. The van der Waals surface area contributed by atoms with Gasteiger partial charge in [0.05, 0.1) is 22.3 Å². The predicted molar refractivity (Wildman–Crippen MR) is 259 cm³/mol. The minimum atomic E-state index is -2.50. The fourth-order valence-corrected chi connectivity index (χ4v) is 8.13. The van der Waals surface area contributed by atoms with E-state index in [0.717, 1.165) is 55.8 Å². The van der Waals surface area contributed by atoms with E-state index in [4.69, 9.17) is 14.1 Å². The quantitative estimate of drug-likeness (QED) is 0.162. The number of para-hydroxylation sites is 2. The van der Waals surface area contributed by atoms with Crippen LogP contribution in [0.25, 0.3) is 83.9 Å². The number of imidazole rings is 1. The van der Waals surface area contributed by atoms with Gasteiger partial charge in [0.15, 0.2) is 0 Å². The Kier molecular flexibility index (Phi) is 10.7. The van der Waals surface area contributed by atoms with Gasteiger partial charge in [-0.15, -0.1) is 23.8 Å². The van der Waals surface area contributed by atoms with Crippen LogP contribution < -0.4 is 0 Å². The van der Waals surface area contributed by atoms with Crippen molar-refractivity contribution in [3.63, 3.8) is 0 Å². The molecule has 0 amide bonds. The average Bonchev–Trinajstić information content (AvgIpc) is 3.68. The zero-order chi connectivity index (χ0) is 45.8. The number of aromatic nitrogens is 3. The standard InChI is InChI=1S/C58H52N3O.Pt/c1-37-21-23-40(24-22-37)42-27-28-59-51(35-42)46-31-43(39-15-10-9-11-16-39)30-45(32-46)49-18-14-19-53-55(49)60-56(50-17-12-13-20-54(50)62)61(53)52-26-25-41(29-38(52)2)44-33-47(57(3,4)5)36-48(34-44)58(6,7)8;/h9-31,33-36,62H,1-8H3;/q-1;/i2D3;. The first-order chi connectivity index (χ1) is 30.9. The maximum absolute atomic E-state index is 11.4. The molecule has 0 spiro atoms. The smallest absolute Gasteiger partial charge is 0.148 e. The van der Waals surface area contributed by atoms with Gasteiger partial charge >= 0.3 is 0 Å². The molecule has 9 rings (SSSR count). The number of fused-ring (bicyclic) bond motifs is 1. The van der Waals surface area contributed by atoms with Gasteiger partial charge in [0.2, 0.25) is 0 Å². The number of aryl methyl sites for hydroxylation is 2. The Morgan fingerprint density at radius 1 is 0.571 bits per heavy atom. The zero-order valence-electron chi connectivity index (χ0n) is 39.7. The van der Waals surface area contributed by atoms with E-state index in [-0.39, 0.29) is 43.2 Å². The molecular weight excluding hydrogens is 950 g/mol. The van der Waals surface area contributed by atoms with Crippen molar-refractivity contribution in [3.05, 3.63) is 192 Å². The van der Waals surface area contributed by atoms with Crippen molar-refractivity contribution in [3.8, 4) is 78.6 Å². The van der Waals surface area contributed by atoms with E-state index in [1.807, 2.05) is 83.6 Å². The summed E-state index contributed by atoms with van der Waals surface area (Å²) in [5.74, 6) is 0.450. The third-order valence-corrected chi connectivity index (χ3v) is 11.8. The number of phenolic OH excluding ortho intramolecular Hbond substituents is 1. The number of benzene rings is 7. The third-order valence-electron chi connectivity index (χ3n) is 11.8. The molecule has 2 aromatic heterocycles. The monoisotopic (exact) mass is 1000 g/mol. The number of phenols is 1. The second-order valence-electron chi connectivity index (χ2n) is 18.4. The van der Waals surface area contributed by atoms with Crippen molar-refractivity contribution >= 4 is 11.0 Å². The van der Waals surface area contributed by atoms with Crippen molar-refractivity contribution in [1.82, 2.24) is 14.5 Å². The molecule has 0 fully saturated rings. The summed E-state index contributed by atoms with van der Waals surface area (Å²) < 4.78 is 28.9. The second-order valence-corrected chi connectivity index (χ2v) is 18.4. The first-order valence-corrected chi connectivity index (χ1v) is 21.2. The molecule has 0 atom stereocenters. The number of aromatic hydroxyl groups is 1. The van der Waals surface area contributed by atoms with E-state index < -0.39 is 6.85 Å². The van der Waals surface area contributed by atoms with Crippen LogP contribution in [0.4, 0.5) is 0 Å². The first-order valence-electron chi connectivity index (χ1n) is 22.7. The second kappa shape index (κ2) is 17.1. The molecule has 0 aliphatic heterocycles. The number of nitrogens with zero attached hydrogens (tertiary/aromatic N) is 3. The van der Waals surface area contributed by atoms with Crippen LogP contribution in [0.15, 0.2) is 164 Å². The Bertz CT molecular complexity index is 3200. The van der Waals surface area contributed by atoms with Gasteiger partial charge in [-0.05, 0) is 106 Å². The molecule has 63 heavy (non-hydrogen) atoms. The van der Waals surface area contributed by atoms with Gasteiger partial charge in [-0.2, -0.15) is 0 Å². The van der Waals surface area contributed by atoms with Crippen LogP contribution in [0.3, 0.4) is 0 Å². The van der Waals surface area contributed by atoms with Gasteiger partial charge in [-0.25, -0.2) is 4.98 Å². The molecule has 0 radical (unpaired) electrons. The van der Waals surface area contributed by atoms with E-state index in [9.17, 15) is 5.11 Å². The first kappa shape index (κ1) is 39.5. The normalized spacial score (nSPS) is 12.7. The van der Waals surface area contributed by atoms with Crippen molar-refractivity contribution in [2.24, 2.45) is 0 Å². The fourth-order valence-electron chi connectivity index (χ4n) is 8.13. The largest absolute Gasteiger partial charge is 0.507 e. The topological polar surface area (TPSA) is 50.9 Å². The summed E-state index contributed by atoms with van der Waals surface area (Å²) in [5, 5.41) is 11.4. The molecule has 2 heterocycles. The van der Waals surface area contributed by atoms with Crippen LogP contribution in [0, 0.1) is 19.8 Å². The van der Waals surface area contributed by atoms with Crippen LogP contribution in [-0.4, -0.2) is 19.6 Å². The van der Waals surface area contributed by atoms with Gasteiger partial charge < -0.3 is 5.11 Å². The van der Waals surface area contributed by atoms with Crippen molar-refractivity contribution in [2.75, 3.05) is 0 Å². The van der Waals surface area contributed by atoms with Gasteiger partial charge in [0.1, 0.15) is 11.6 Å². The molecular formula is C58H52N3OPt-. The molecule has 1 N–H and O–H groups in total. The van der Waals surface area contributed by atoms with E-state index in [1.165, 1.54) is 16.7 Å². The molecule has 0 unspecified atom stereocenters. The molecule has 0 saturated carbocycles. The van der Waals surface area contributed by atoms with Gasteiger partial charge in [-0.3, -0.25) is 9.55 Å². The van der Waals surface area contributed by atoms with E-state index in [2.05, 4.69) is 127 Å². The minimum Gasteiger partial charge on any atom is -0.507 e. The summed E-state index contributed by atoms with van der Waals surface area (Å²) in [4.78, 5) is 10.2. The Labute approximate surface area is 390 Å². The molecule has 316 valence electrons. The summed E-state index contributed by atoms with van der Waals surface area (Å²) in [6.45, 7) is 12.8. The van der Waals surface area contributed by atoms with Gasteiger partial charge in [0.25, 0.3) is 0 Å². The summed E-state index contributed by atoms with van der Waals surface area (Å²) in [6.07, 6.45) is 1.84. The molecule has 7 aromatic carbocycles. The SMILES string of the molecule is [2H]C([2H])([2H])c1cc(-c2cc(C(C)(C)C)cc(C(C)(C)C)c2)ccc1-n1c(-c2ccccc2O)nc2c(-c3[c-]c(-c4cc(-c5ccc(C)cc5)ccn4)cc(-c4ccccc4)c3)cccc21.[Pt]. The Balaban J connectivity index is 0.00000592. The molecule has 0 aliphatic rings. The van der Waals surface area contributed by atoms with Crippen molar-refractivity contribution < 1.29 is 30.3 Å². The molecule has 0 aliphatic carbocycles. The average molecular weight is 1010 g/mol. The Morgan fingerprint density at radius 3 is 1.89 bits per heavy atom. The van der Waals surface area contributed by atoms with Crippen LogP contribution in [0.1, 0.15) is 67.9 Å². The summed E-state index contributed by atoms with van der Waals surface area (Å²) in [5.41, 5.74) is 14.9. The summed E-state index contributed by atoms with van der Waals surface area (Å²) >= 11 is 0. The minimum absolute atomic E-state index is 0. The maximum atomic E-state index is 11.4. The number of rotatable bonds is 7. The van der Waals surface area contributed by atoms with Gasteiger partial charge in [-0.1, -0.05) is 173 Å². The Hall–Kier alpha value is -6.35. The van der Waals surface area contributed by atoms with E-state index in [1.54, 1.807) is 12.1 Å². The predicted octanol–water partition coefficient (Wildman–Crippen LogP) is 15.1. The molecule has 0 bridgehead atoms. The van der Waals surface area contributed by atoms with Crippen LogP contribution in [-0.2, 0) is 31.9 Å². The Morgan fingerprint density at radius 2 is 1.19 bits per heavy atom. The van der Waals surface area contributed by atoms with Gasteiger partial charge in [0, 0.05) is 37.1 Å². The van der Waals surface area contributed by atoms with Crippen LogP contribution >= 0.6 is 0 Å². The number of hydrogen-bond acceptors (Lipinski definition) is 3. The fraction of sp³-hybridized carbons (Fsp3) is 0.172. The zero-order valence-corrected chi connectivity index (χ0v) is 39.0. The van der Waals surface area contributed by atoms with Crippen molar-refractivity contribution in [1.29, 1.82) is 0 Å². The number of hydrogen-bond donors (Lipinski definition) is 1. The molecule has 5 heteroatoms. The molecule has 4 nitrogen and oxygen atoms in total. The molecule has 0 saturated heterocycles. The third kappa shape index (κ3) is 8.70. The van der Waals surface area contributed by atoms with E-state index in [0.29, 0.717) is 28.1 Å². The summed E-state index contributed by atoms with van der Waals surface area (Å²) in [6, 6.07) is 56.2. The van der Waals surface area contributed by atoms with Crippen LogP contribution in [0.2, 0.25) is 0 Å².